The summed E-state index contributed by atoms with van der Waals surface area (Å²) in [5, 5.41) is 4.39. The van der Waals surface area contributed by atoms with Crippen molar-refractivity contribution in [1.82, 2.24) is 15.0 Å². The Bertz CT molecular complexity index is 1000. The van der Waals surface area contributed by atoms with Crippen LogP contribution in [0.15, 0.2) is 66.6 Å². The number of amidine groups is 1. The second kappa shape index (κ2) is 8.31. The zero-order chi connectivity index (χ0) is 19.2. The van der Waals surface area contributed by atoms with Crippen molar-refractivity contribution in [3.63, 3.8) is 0 Å². The van der Waals surface area contributed by atoms with Crippen molar-refractivity contribution in [2.45, 2.75) is 26.9 Å². The summed E-state index contributed by atoms with van der Waals surface area (Å²) in [6.07, 6.45) is 7.20. The highest BCUT2D eigenvalue weighted by atomic mass is 16.5. The molecule has 2 N–H and O–H groups in total. The molecule has 0 spiro atoms. The molecule has 0 aliphatic rings. The van der Waals surface area contributed by atoms with Gasteiger partial charge in [0.1, 0.15) is 17.3 Å². The largest absolute Gasteiger partial charge is 0.489 e. The van der Waals surface area contributed by atoms with E-state index in [1.807, 2.05) is 63.3 Å². The lowest BCUT2D eigenvalue weighted by molar-refractivity contribution is 0.204. The highest BCUT2D eigenvalue weighted by Gasteiger charge is 2.12. The Balaban J connectivity index is 1.89. The minimum Gasteiger partial charge on any atom is -0.489 e. The molecule has 3 aromatic rings. The number of nitrogens with zero attached hydrogens (tertiary/aromatic N) is 3. The maximum Gasteiger partial charge on any atom is 0.183 e. The quantitative estimate of drug-likeness (QED) is 0.365. The molecule has 2 heterocycles. The fourth-order valence-corrected chi connectivity index (χ4v) is 2.60. The molecule has 0 saturated heterocycles. The smallest absolute Gasteiger partial charge is 0.183 e. The average molecular weight is 361 g/mol. The number of hydrogen-bond acceptors (Lipinski definition) is 4. The van der Waals surface area contributed by atoms with Crippen LogP contribution in [0.1, 0.15) is 26.5 Å². The summed E-state index contributed by atoms with van der Waals surface area (Å²) in [6, 6.07) is 9.93. The molecule has 0 amide bonds. The van der Waals surface area contributed by atoms with Crippen LogP contribution in [0.4, 0.5) is 11.5 Å². The third-order valence-corrected chi connectivity index (χ3v) is 3.70. The molecule has 6 nitrogen and oxygen atoms in total. The summed E-state index contributed by atoms with van der Waals surface area (Å²) in [5.41, 5.74) is 2.53. The van der Waals surface area contributed by atoms with Crippen LogP contribution in [-0.4, -0.2) is 26.9 Å². The fourth-order valence-electron chi connectivity index (χ4n) is 2.60. The number of hydrogen-bond donors (Lipinski definition) is 2. The third-order valence-electron chi connectivity index (χ3n) is 3.70. The zero-order valence-corrected chi connectivity index (χ0v) is 15.7. The van der Waals surface area contributed by atoms with Crippen molar-refractivity contribution in [1.29, 1.82) is 0 Å². The summed E-state index contributed by atoms with van der Waals surface area (Å²) in [6.45, 7) is 9.80. The van der Waals surface area contributed by atoms with Crippen LogP contribution in [-0.2, 0) is 4.74 Å². The predicted molar refractivity (Wildman–Crippen MR) is 111 cm³/mol. The van der Waals surface area contributed by atoms with Crippen molar-refractivity contribution >= 4 is 34.0 Å². The van der Waals surface area contributed by atoms with Gasteiger partial charge in [0, 0.05) is 17.3 Å². The van der Waals surface area contributed by atoms with E-state index >= 15 is 0 Å². The van der Waals surface area contributed by atoms with Crippen molar-refractivity contribution in [2.75, 3.05) is 5.32 Å². The molecule has 0 aliphatic carbocycles. The van der Waals surface area contributed by atoms with Gasteiger partial charge in [0.2, 0.25) is 0 Å². The number of aromatic nitrogens is 3. The minimum absolute atomic E-state index is 0.0250. The molecule has 0 radical (unpaired) electrons. The van der Waals surface area contributed by atoms with E-state index in [0.29, 0.717) is 23.1 Å². The van der Waals surface area contributed by atoms with Crippen LogP contribution in [0.25, 0.3) is 16.7 Å². The Morgan fingerprint density at radius 1 is 1.30 bits per heavy atom. The van der Waals surface area contributed by atoms with Gasteiger partial charge in [-0.2, -0.15) is 0 Å². The SMILES string of the molecule is C=C(OC(C)C)c1[nH]cnc1N=C(/C=C\C)Nc1ccc2ncccc2c1. The Kier molecular flexibility index (Phi) is 5.66. The molecule has 0 unspecified atom stereocenters. The minimum atomic E-state index is 0.0250. The summed E-state index contributed by atoms with van der Waals surface area (Å²) in [7, 11) is 0. The lowest BCUT2D eigenvalue weighted by atomic mass is 10.2. The van der Waals surface area contributed by atoms with E-state index in [1.165, 1.54) is 0 Å². The fraction of sp³-hybridized carbons (Fsp3) is 0.190. The third kappa shape index (κ3) is 4.61. The molecule has 138 valence electrons. The van der Waals surface area contributed by atoms with Crippen LogP contribution in [0.3, 0.4) is 0 Å². The second-order valence-corrected chi connectivity index (χ2v) is 6.22. The normalized spacial score (nSPS) is 12.1. The summed E-state index contributed by atoms with van der Waals surface area (Å²) < 4.78 is 5.66. The molecule has 0 bridgehead atoms. The van der Waals surface area contributed by atoms with E-state index in [-0.39, 0.29) is 6.10 Å². The number of fused-ring (bicyclic) bond motifs is 1. The van der Waals surface area contributed by atoms with Crippen LogP contribution in [0, 0.1) is 0 Å². The number of rotatable bonds is 6. The van der Waals surface area contributed by atoms with Gasteiger partial charge in [0.05, 0.1) is 17.9 Å². The van der Waals surface area contributed by atoms with Gasteiger partial charge >= 0.3 is 0 Å². The number of ether oxygens (including phenoxy) is 1. The van der Waals surface area contributed by atoms with Gasteiger partial charge < -0.3 is 15.0 Å². The molecule has 1 aromatic carbocycles. The van der Waals surface area contributed by atoms with Gasteiger partial charge in [-0.1, -0.05) is 18.7 Å². The van der Waals surface area contributed by atoms with Crippen LogP contribution in [0.5, 0.6) is 0 Å². The molecule has 0 atom stereocenters. The van der Waals surface area contributed by atoms with Gasteiger partial charge in [-0.05, 0) is 51.1 Å². The molecule has 0 aliphatic heterocycles. The molecular formula is C21H23N5O. The second-order valence-electron chi connectivity index (χ2n) is 6.22. The number of nitrogens with one attached hydrogen (secondary N) is 2. The van der Waals surface area contributed by atoms with E-state index in [2.05, 4.69) is 31.8 Å². The predicted octanol–water partition coefficient (Wildman–Crippen LogP) is 5.07. The summed E-state index contributed by atoms with van der Waals surface area (Å²) in [5.74, 6) is 1.69. The molecule has 2 aromatic heterocycles. The molecule has 27 heavy (non-hydrogen) atoms. The van der Waals surface area contributed by atoms with Crippen molar-refractivity contribution in [2.24, 2.45) is 4.99 Å². The van der Waals surface area contributed by atoms with E-state index < -0.39 is 0 Å². The first-order valence-electron chi connectivity index (χ1n) is 8.79. The molecule has 0 saturated carbocycles. The van der Waals surface area contributed by atoms with E-state index in [1.54, 1.807) is 12.5 Å². The zero-order valence-electron chi connectivity index (χ0n) is 15.7. The monoisotopic (exact) mass is 361 g/mol. The molecule has 0 fully saturated rings. The summed E-state index contributed by atoms with van der Waals surface area (Å²) in [4.78, 5) is 16.3. The topological polar surface area (TPSA) is 75.2 Å². The van der Waals surface area contributed by atoms with E-state index in [9.17, 15) is 0 Å². The maximum absolute atomic E-state index is 5.66. The molecular weight excluding hydrogens is 338 g/mol. The lowest BCUT2D eigenvalue weighted by Gasteiger charge is -2.12. The Morgan fingerprint density at radius 3 is 2.93 bits per heavy atom. The van der Waals surface area contributed by atoms with Gasteiger partial charge in [0.25, 0.3) is 0 Å². The number of imidazole rings is 1. The first-order chi connectivity index (χ1) is 13.1. The Morgan fingerprint density at radius 2 is 2.15 bits per heavy atom. The number of aliphatic imine (C=N–C) groups is 1. The van der Waals surface area contributed by atoms with Crippen molar-refractivity contribution in [3.05, 3.63) is 67.3 Å². The van der Waals surface area contributed by atoms with Gasteiger partial charge in [-0.3, -0.25) is 4.98 Å². The first kappa shape index (κ1) is 18.4. The standard InChI is InChI=1S/C21H23N5O/c1-5-7-19(25-17-9-10-18-16(12-17)8-6-11-22-18)26-21-20(23-13-24-21)15(4)27-14(2)3/h5-14H,4H2,1-3H3,(H,23,24)(H,25,26)/b7-5-. The van der Waals surface area contributed by atoms with Crippen LogP contribution in [0.2, 0.25) is 0 Å². The average Bonchev–Trinajstić information content (AvgIpc) is 3.09. The Hall–Kier alpha value is -3.41. The first-order valence-corrected chi connectivity index (χ1v) is 8.79. The highest BCUT2D eigenvalue weighted by molar-refractivity contribution is 6.06. The number of H-pyrrole nitrogens is 1. The van der Waals surface area contributed by atoms with E-state index in [0.717, 1.165) is 16.6 Å². The van der Waals surface area contributed by atoms with Gasteiger partial charge in [-0.25, -0.2) is 9.98 Å². The summed E-state index contributed by atoms with van der Waals surface area (Å²) >= 11 is 0. The number of pyridine rings is 1. The Labute approximate surface area is 158 Å². The number of allylic oxidation sites excluding steroid dienone is 1. The molecule has 3 rings (SSSR count). The van der Waals surface area contributed by atoms with Crippen LogP contribution < -0.4 is 5.32 Å². The maximum atomic E-state index is 5.66. The van der Waals surface area contributed by atoms with Gasteiger partial charge in [0.15, 0.2) is 5.82 Å². The van der Waals surface area contributed by atoms with Gasteiger partial charge in [-0.15, -0.1) is 0 Å². The van der Waals surface area contributed by atoms with E-state index in [4.69, 9.17) is 4.74 Å². The van der Waals surface area contributed by atoms with Crippen molar-refractivity contribution < 1.29 is 4.74 Å². The number of anilines is 1. The number of benzene rings is 1. The number of aromatic amines is 1. The lowest BCUT2D eigenvalue weighted by Crippen LogP contribution is -2.09. The van der Waals surface area contributed by atoms with Crippen molar-refractivity contribution in [3.8, 4) is 0 Å². The highest BCUT2D eigenvalue weighted by Crippen LogP contribution is 2.24. The molecule has 6 heteroatoms. The van der Waals surface area contributed by atoms with Crippen LogP contribution >= 0.6 is 0 Å².